The number of aromatic nitrogens is 1. The molecule has 5 nitrogen and oxygen atoms in total. The molecule has 0 atom stereocenters. The Kier molecular flexibility index (Phi) is 6.37. The van der Waals surface area contributed by atoms with E-state index >= 15 is 0 Å². The number of nitrogens with zero attached hydrogens (tertiary/aromatic N) is 2. The number of anilines is 1. The second-order valence-corrected chi connectivity index (χ2v) is 8.97. The summed E-state index contributed by atoms with van der Waals surface area (Å²) in [6.07, 6.45) is 3.03. The van der Waals surface area contributed by atoms with Gasteiger partial charge in [0.1, 0.15) is 11.4 Å². The Morgan fingerprint density at radius 3 is 2.48 bits per heavy atom. The van der Waals surface area contributed by atoms with E-state index in [4.69, 9.17) is 9.47 Å². The molecule has 0 spiro atoms. The van der Waals surface area contributed by atoms with Crippen LogP contribution in [-0.4, -0.2) is 28.8 Å². The molecule has 0 aliphatic heterocycles. The second kappa shape index (κ2) is 8.56. The van der Waals surface area contributed by atoms with Crippen LogP contribution in [0.5, 0.6) is 0 Å². The Balaban J connectivity index is 1.60. The van der Waals surface area contributed by atoms with Gasteiger partial charge >= 0.3 is 6.09 Å². The van der Waals surface area contributed by atoms with E-state index in [0.29, 0.717) is 12.4 Å². The molecule has 0 saturated heterocycles. The number of benzene rings is 1. The molecule has 144 valence electrons. The van der Waals surface area contributed by atoms with Crippen molar-refractivity contribution in [1.29, 1.82) is 0 Å². The van der Waals surface area contributed by atoms with Crippen molar-refractivity contribution in [3.05, 3.63) is 57.8 Å². The number of carbonyl (C=O) groups excluding carboxylic acids is 1. The zero-order valence-corrected chi connectivity index (χ0v) is 18.0. The van der Waals surface area contributed by atoms with E-state index in [1.165, 1.54) is 3.57 Å². The van der Waals surface area contributed by atoms with Crippen LogP contribution < -0.4 is 4.90 Å². The Morgan fingerprint density at radius 2 is 1.89 bits per heavy atom. The molecule has 0 unspecified atom stereocenters. The van der Waals surface area contributed by atoms with Crippen molar-refractivity contribution in [2.24, 2.45) is 0 Å². The van der Waals surface area contributed by atoms with E-state index in [0.717, 1.165) is 18.4 Å². The first-order chi connectivity index (χ1) is 12.8. The normalized spacial score (nSPS) is 19.3. The smallest absolute Gasteiger partial charge is 0.416 e. The number of ether oxygens (including phenoxy) is 2. The molecule has 1 aliphatic carbocycles. The standard InChI is InChI=1S/C21H25IN2O3/c1-21(2,3)27-20(25)24(19-6-4-5-11-23-19)17-12-18(13-17)26-14-15-7-9-16(22)10-8-15/h4-11,17-18H,12-14H2,1-3H3. The molecule has 0 radical (unpaired) electrons. The number of hydrogen-bond donors (Lipinski definition) is 0. The molecule has 1 fully saturated rings. The van der Waals surface area contributed by atoms with Crippen LogP contribution in [0.25, 0.3) is 0 Å². The molecule has 6 heteroatoms. The minimum absolute atomic E-state index is 0.0384. The third kappa shape index (κ3) is 5.65. The van der Waals surface area contributed by atoms with E-state index in [9.17, 15) is 4.79 Å². The van der Waals surface area contributed by atoms with E-state index < -0.39 is 5.60 Å². The van der Waals surface area contributed by atoms with E-state index in [1.54, 1.807) is 11.1 Å². The van der Waals surface area contributed by atoms with Crippen molar-refractivity contribution in [3.8, 4) is 0 Å². The summed E-state index contributed by atoms with van der Waals surface area (Å²) in [5, 5.41) is 0. The number of amides is 1. The lowest BCUT2D eigenvalue weighted by molar-refractivity contribution is -0.0226. The van der Waals surface area contributed by atoms with Crippen LogP contribution in [-0.2, 0) is 16.1 Å². The summed E-state index contributed by atoms with van der Waals surface area (Å²) >= 11 is 2.29. The summed E-state index contributed by atoms with van der Waals surface area (Å²) in [7, 11) is 0. The number of halogens is 1. The monoisotopic (exact) mass is 480 g/mol. The molecule has 27 heavy (non-hydrogen) atoms. The molecule has 3 rings (SSSR count). The van der Waals surface area contributed by atoms with Gasteiger partial charge in [-0.2, -0.15) is 0 Å². The van der Waals surface area contributed by atoms with E-state index in [1.807, 2.05) is 39.0 Å². The lowest BCUT2D eigenvalue weighted by Crippen LogP contribution is -2.52. The molecule has 1 heterocycles. The minimum Gasteiger partial charge on any atom is -0.443 e. The summed E-state index contributed by atoms with van der Waals surface area (Å²) in [6.45, 7) is 6.20. The first-order valence-corrected chi connectivity index (χ1v) is 10.2. The third-order valence-electron chi connectivity index (χ3n) is 4.32. The van der Waals surface area contributed by atoms with Gasteiger partial charge in [-0.1, -0.05) is 18.2 Å². The lowest BCUT2D eigenvalue weighted by Gasteiger charge is -2.42. The fourth-order valence-electron chi connectivity index (χ4n) is 2.92. The predicted octanol–water partition coefficient (Wildman–Crippen LogP) is 5.18. The van der Waals surface area contributed by atoms with Gasteiger partial charge in [0.05, 0.1) is 12.7 Å². The summed E-state index contributed by atoms with van der Waals surface area (Å²) in [5.41, 5.74) is 0.613. The molecule has 1 aliphatic rings. The van der Waals surface area contributed by atoms with Gasteiger partial charge in [0.25, 0.3) is 0 Å². The Morgan fingerprint density at radius 1 is 1.19 bits per heavy atom. The Bertz CT molecular complexity index is 753. The molecule has 0 N–H and O–H groups in total. The van der Waals surface area contributed by atoms with Gasteiger partial charge in [0, 0.05) is 15.8 Å². The van der Waals surface area contributed by atoms with Gasteiger partial charge in [-0.3, -0.25) is 4.90 Å². The summed E-state index contributed by atoms with van der Waals surface area (Å²) in [4.78, 5) is 18.7. The van der Waals surface area contributed by atoms with Crippen molar-refractivity contribution in [3.63, 3.8) is 0 Å². The highest BCUT2D eigenvalue weighted by atomic mass is 127. The van der Waals surface area contributed by atoms with Crippen LogP contribution in [0.1, 0.15) is 39.2 Å². The van der Waals surface area contributed by atoms with E-state index in [2.05, 4.69) is 51.8 Å². The largest absolute Gasteiger partial charge is 0.443 e. The highest BCUT2D eigenvalue weighted by molar-refractivity contribution is 14.1. The van der Waals surface area contributed by atoms with Crippen molar-refractivity contribution in [2.75, 3.05) is 4.90 Å². The average molecular weight is 480 g/mol. The zero-order valence-electron chi connectivity index (χ0n) is 15.9. The maximum atomic E-state index is 12.7. The molecular formula is C21H25IN2O3. The minimum atomic E-state index is -0.547. The predicted molar refractivity (Wildman–Crippen MR) is 114 cm³/mol. The van der Waals surface area contributed by atoms with Crippen molar-refractivity contribution >= 4 is 34.5 Å². The van der Waals surface area contributed by atoms with Crippen molar-refractivity contribution in [2.45, 2.75) is 58.0 Å². The maximum Gasteiger partial charge on any atom is 0.416 e. The average Bonchev–Trinajstić information content (AvgIpc) is 2.57. The number of pyridine rings is 1. The van der Waals surface area contributed by atoms with Crippen LogP contribution in [0.3, 0.4) is 0 Å². The summed E-state index contributed by atoms with van der Waals surface area (Å²) in [6, 6.07) is 13.9. The van der Waals surface area contributed by atoms with Gasteiger partial charge in [0.15, 0.2) is 0 Å². The van der Waals surface area contributed by atoms with Crippen LogP contribution in [0.4, 0.5) is 10.6 Å². The maximum absolute atomic E-state index is 12.7. The van der Waals surface area contributed by atoms with E-state index in [-0.39, 0.29) is 18.2 Å². The van der Waals surface area contributed by atoms with Gasteiger partial charge < -0.3 is 9.47 Å². The Hall–Kier alpha value is -1.67. The van der Waals surface area contributed by atoms with Gasteiger partial charge in [-0.25, -0.2) is 9.78 Å². The number of carbonyl (C=O) groups is 1. The van der Waals surface area contributed by atoms with Crippen LogP contribution >= 0.6 is 22.6 Å². The quantitative estimate of drug-likeness (QED) is 0.554. The van der Waals surface area contributed by atoms with Gasteiger partial charge in [-0.05, 0) is 86.0 Å². The summed E-state index contributed by atoms with van der Waals surface area (Å²) in [5.74, 6) is 0.618. The fraction of sp³-hybridized carbons (Fsp3) is 0.429. The van der Waals surface area contributed by atoms with Gasteiger partial charge in [-0.15, -0.1) is 0 Å². The van der Waals surface area contributed by atoms with Crippen LogP contribution in [0.2, 0.25) is 0 Å². The molecular weight excluding hydrogens is 455 g/mol. The number of rotatable bonds is 5. The zero-order chi connectivity index (χ0) is 19.4. The first-order valence-electron chi connectivity index (χ1n) is 9.11. The molecule has 1 saturated carbocycles. The molecule has 1 aromatic heterocycles. The topological polar surface area (TPSA) is 51.7 Å². The molecule has 1 amide bonds. The molecule has 1 aromatic carbocycles. The Labute approximate surface area is 174 Å². The second-order valence-electron chi connectivity index (χ2n) is 7.72. The van der Waals surface area contributed by atoms with Crippen molar-refractivity contribution < 1.29 is 14.3 Å². The highest BCUT2D eigenvalue weighted by Gasteiger charge is 2.39. The van der Waals surface area contributed by atoms with Gasteiger partial charge in [0.2, 0.25) is 0 Å². The molecule has 2 aromatic rings. The number of hydrogen-bond acceptors (Lipinski definition) is 4. The van der Waals surface area contributed by atoms with Crippen LogP contribution in [0.15, 0.2) is 48.7 Å². The summed E-state index contributed by atoms with van der Waals surface area (Å²) < 4.78 is 12.8. The first kappa shape index (κ1) is 20.1. The molecule has 0 bridgehead atoms. The fourth-order valence-corrected chi connectivity index (χ4v) is 3.28. The van der Waals surface area contributed by atoms with Crippen molar-refractivity contribution in [1.82, 2.24) is 4.98 Å². The van der Waals surface area contributed by atoms with Crippen LogP contribution in [0, 0.1) is 3.57 Å². The lowest BCUT2D eigenvalue weighted by atomic mass is 9.88. The third-order valence-corrected chi connectivity index (χ3v) is 5.04. The highest BCUT2D eigenvalue weighted by Crippen LogP contribution is 2.33. The SMILES string of the molecule is CC(C)(C)OC(=O)N(c1ccccn1)C1CC(OCc2ccc(I)cc2)C1.